The SMILES string of the molecule is CC(C)(NC(=O)Nc1nnc(C2CCCCC2)s1)c1ccc2c(c1)OCO2. The molecule has 0 unspecified atom stereocenters. The molecule has 1 aliphatic heterocycles. The first-order chi connectivity index (χ1) is 13.0. The van der Waals surface area contributed by atoms with Crippen molar-refractivity contribution >= 4 is 22.5 Å². The van der Waals surface area contributed by atoms with Crippen LogP contribution < -0.4 is 20.1 Å². The van der Waals surface area contributed by atoms with Crippen molar-refractivity contribution in [1.82, 2.24) is 15.5 Å². The van der Waals surface area contributed by atoms with Gasteiger partial charge >= 0.3 is 6.03 Å². The Morgan fingerprint density at radius 2 is 1.93 bits per heavy atom. The molecule has 0 atom stereocenters. The van der Waals surface area contributed by atoms with Gasteiger partial charge in [0, 0.05) is 5.92 Å². The van der Waals surface area contributed by atoms with Crippen LogP contribution in [0.2, 0.25) is 0 Å². The van der Waals surface area contributed by atoms with Crippen molar-refractivity contribution in [2.45, 2.75) is 57.4 Å². The summed E-state index contributed by atoms with van der Waals surface area (Å²) in [4.78, 5) is 12.5. The van der Waals surface area contributed by atoms with E-state index in [0.717, 1.165) is 29.2 Å². The highest BCUT2D eigenvalue weighted by Gasteiger charge is 2.26. The maximum absolute atomic E-state index is 12.5. The summed E-state index contributed by atoms with van der Waals surface area (Å²) in [5.74, 6) is 1.91. The predicted octanol–water partition coefficient (Wildman–Crippen LogP) is 4.37. The Morgan fingerprint density at radius 3 is 2.74 bits per heavy atom. The van der Waals surface area contributed by atoms with Gasteiger partial charge in [0.2, 0.25) is 11.9 Å². The van der Waals surface area contributed by atoms with Crippen LogP contribution in [0.5, 0.6) is 11.5 Å². The average molecular weight is 388 g/mol. The minimum absolute atomic E-state index is 0.230. The highest BCUT2D eigenvalue weighted by Crippen LogP contribution is 2.36. The second-order valence-electron chi connectivity index (χ2n) is 7.55. The fraction of sp³-hybridized carbons (Fsp3) is 0.526. The molecule has 0 bridgehead atoms. The minimum atomic E-state index is -0.581. The second-order valence-corrected chi connectivity index (χ2v) is 8.56. The molecule has 2 heterocycles. The van der Waals surface area contributed by atoms with Crippen molar-refractivity contribution in [2.24, 2.45) is 0 Å². The van der Waals surface area contributed by atoms with Gasteiger partial charge in [-0.15, -0.1) is 10.2 Å². The number of urea groups is 1. The maximum atomic E-state index is 12.5. The monoisotopic (exact) mass is 388 g/mol. The zero-order chi connectivity index (χ0) is 18.9. The van der Waals surface area contributed by atoms with Gasteiger partial charge in [-0.05, 0) is 44.4 Å². The van der Waals surface area contributed by atoms with E-state index in [0.29, 0.717) is 16.8 Å². The normalized spacial score (nSPS) is 17.0. The lowest BCUT2D eigenvalue weighted by Crippen LogP contribution is -2.43. The summed E-state index contributed by atoms with van der Waals surface area (Å²) in [6.45, 7) is 4.11. The fourth-order valence-corrected chi connectivity index (χ4v) is 4.48. The Bertz CT molecular complexity index is 830. The molecule has 1 fully saturated rings. The van der Waals surface area contributed by atoms with E-state index in [9.17, 15) is 4.79 Å². The molecule has 2 aliphatic rings. The van der Waals surface area contributed by atoms with E-state index < -0.39 is 5.54 Å². The molecular weight excluding hydrogens is 364 g/mol. The molecule has 2 N–H and O–H groups in total. The van der Waals surface area contributed by atoms with Crippen LogP contribution in [0.4, 0.5) is 9.93 Å². The zero-order valence-electron chi connectivity index (χ0n) is 15.6. The molecule has 27 heavy (non-hydrogen) atoms. The minimum Gasteiger partial charge on any atom is -0.454 e. The molecule has 4 rings (SSSR count). The molecule has 7 nitrogen and oxygen atoms in total. The van der Waals surface area contributed by atoms with Crippen LogP contribution >= 0.6 is 11.3 Å². The van der Waals surface area contributed by atoms with Gasteiger partial charge < -0.3 is 14.8 Å². The smallest absolute Gasteiger partial charge is 0.321 e. The quantitative estimate of drug-likeness (QED) is 0.812. The Balaban J connectivity index is 1.39. The highest BCUT2D eigenvalue weighted by molar-refractivity contribution is 7.15. The summed E-state index contributed by atoms with van der Waals surface area (Å²) < 4.78 is 10.8. The maximum Gasteiger partial charge on any atom is 0.321 e. The number of ether oxygens (including phenoxy) is 2. The van der Waals surface area contributed by atoms with Crippen molar-refractivity contribution in [3.63, 3.8) is 0 Å². The first-order valence-electron chi connectivity index (χ1n) is 9.34. The van der Waals surface area contributed by atoms with E-state index in [1.807, 2.05) is 32.0 Å². The van der Waals surface area contributed by atoms with Gasteiger partial charge in [-0.25, -0.2) is 4.79 Å². The van der Waals surface area contributed by atoms with Crippen LogP contribution in [-0.2, 0) is 5.54 Å². The zero-order valence-corrected chi connectivity index (χ0v) is 16.4. The van der Waals surface area contributed by atoms with Gasteiger partial charge in [0.05, 0.1) is 5.54 Å². The summed E-state index contributed by atoms with van der Waals surface area (Å²) in [5.41, 5.74) is 0.351. The molecule has 2 amide bonds. The van der Waals surface area contributed by atoms with E-state index in [1.54, 1.807) is 0 Å². The number of benzene rings is 1. The summed E-state index contributed by atoms with van der Waals surface area (Å²) in [5, 5.41) is 15.8. The number of nitrogens with one attached hydrogen (secondary N) is 2. The number of nitrogens with zero attached hydrogens (tertiary/aromatic N) is 2. The van der Waals surface area contributed by atoms with Crippen LogP contribution in [0.1, 0.15) is 62.4 Å². The molecule has 0 saturated heterocycles. The number of amides is 2. The lowest BCUT2D eigenvalue weighted by atomic mass is 9.90. The second kappa shape index (κ2) is 7.34. The lowest BCUT2D eigenvalue weighted by Gasteiger charge is -2.26. The summed E-state index contributed by atoms with van der Waals surface area (Å²) in [7, 11) is 0. The van der Waals surface area contributed by atoms with E-state index >= 15 is 0 Å². The molecule has 0 spiro atoms. The van der Waals surface area contributed by atoms with Crippen LogP contribution in [-0.4, -0.2) is 23.0 Å². The first-order valence-corrected chi connectivity index (χ1v) is 10.2. The Kier molecular flexibility index (Phi) is 4.90. The number of aromatic nitrogens is 2. The number of carbonyl (C=O) groups excluding carboxylic acids is 1. The van der Waals surface area contributed by atoms with Crippen molar-refractivity contribution in [3.05, 3.63) is 28.8 Å². The summed E-state index contributed by atoms with van der Waals surface area (Å²) >= 11 is 1.48. The van der Waals surface area contributed by atoms with Crippen LogP contribution in [0.15, 0.2) is 18.2 Å². The number of carbonyl (C=O) groups is 1. The number of fused-ring (bicyclic) bond motifs is 1. The highest BCUT2D eigenvalue weighted by atomic mass is 32.1. The number of anilines is 1. The Morgan fingerprint density at radius 1 is 1.15 bits per heavy atom. The largest absolute Gasteiger partial charge is 0.454 e. The molecular formula is C19H24N4O3S. The van der Waals surface area contributed by atoms with Gasteiger partial charge in [-0.1, -0.05) is 36.7 Å². The summed E-state index contributed by atoms with van der Waals surface area (Å²) in [6.07, 6.45) is 6.13. The molecule has 1 aromatic carbocycles. The third-order valence-electron chi connectivity index (χ3n) is 5.14. The van der Waals surface area contributed by atoms with Gasteiger partial charge in [0.1, 0.15) is 5.01 Å². The van der Waals surface area contributed by atoms with Crippen LogP contribution in [0.25, 0.3) is 0 Å². The van der Waals surface area contributed by atoms with Gasteiger partial charge in [-0.2, -0.15) is 0 Å². The van der Waals surface area contributed by atoms with E-state index in [-0.39, 0.29) is 12.8 Å². The van der Waals surface area contributed by atoms with Crippen molar-refractivity contribution < 1.29 is 14.3 Å². The Hall–Kier alpha value is -2.35. The van der Waals surface area contributed by atoms with E-state index in [2.05, 4.69) is 20.8 Å². The fourth-order valence-electron chi connectivity index (χ4n) is 3.57. The van der Waals surface area contributed by atoms with Crippen molar-refractivity contribution in [3.8, 4) is 11.5 Å². The standard InChI is InChI=1S/C19H24N4O3S/c1-19(2,13-8-9-14-15(10-13)26-11-25-14)21-17(24)20-18-23-22-16(27-18)12-6-4-3-5-7-12/h8-10,12H,3-7,11H2,1-2H3,(H2,20,21,23,24). The average Bonchev–Trinajstić information content (AvgIpc) is 3.30. The van der Waals surface area contributed by atoms with Crippen molar-refractivity contribution in [1.29, 1.82) is 0 Å². The van der Waals surface area contributed by atoms with Gasteiger partial charge in [-0.3, -0.25) is 5.32 Å². The molecule has 1 aromatic heterocycles. The molecule has 1 saturated carbocycles. The number of hydrogen-bond donors (Lipinski definition) is 2. The van der Waals surface area contributed by atoms with Crippen LogP contribution in [0.3, 0.4) is 0 Å². The molecule has 0 radical (unpaired) electrons. The molecule has 144 valence electrons. The lowest BCUT2D eigenvalue weighted by molar-refractivity contribution is 0.174. The van der Waals surface area contributed by atoms with Gasteiger partial charge in [0.15, 0.2) is 11.5 Å². The first kappa shape index (κ1) is 18.0. The van der Waals surface area contributed by atoms with E-state index in [1.165, 1.54) is 30.6 Å². The van der Waals surface area contributed by atoms with Crippen LogP contribution in [0, 0.1) is 0 Å². The van der Waals surface area contributed by atoms with Gasteiger partial charge in [0.25, 0.3) is 0 Å². The summed E-state index contributed by atoms with van der Waals surface area (Å²) in [6, 6.07) is 5.39. The van der Waals surface area contributed by atoms with Crippen molar-refractivity contribution in [2.75, 3.05) is 12.1 Å². The van der Waals surface area contributed by atoms with E-state index in [4.69, 9.17) is 9.47 Å². The molecule has 8 heteroatoms. The molecule has 1 aliphatic carbocycles. The number of hydrogen-bond acceptors (Lipinski definition) is 6. The Labute approximate surface area is 162 Å². The number of rotatable bonds is 4. The third-order valence-corrected chi connectivity index (χ3v) is 6.14. The topological polar surface area (TPSA) is 85.4 Å². The molecule has 2 aromatic rings. The third kappa shape index (κ3) is 4.00. The predicted molar refractivity (Wildman–Crippen MR) is 103 cm³/mol.